The van der Waals surface area contributed by atoms with Crippen LogP contribution in [0.1, 0.15) is 33.8 Å². The van der Waals surface area contributed by atoms with Crippen molar-refractivity contribution in [3.05, 3.63) is 51.3 Å². The van der Waals surface area contributed by atoms with Crippen LogP contribution in [0.4, 0.5) is 0 Å². The number of carbonyl (C=O) groups is 1. The quantitative estimate of drug-likeness (QED) is 0.838. The molecule has 1 aliphatic rings. The smallest absolute Gasteiger partial charge is 0.260 e. The molecule has 0 unspecified atom stereocenters. The molecule has 0 saturated carbocycles. The molecule has 134 valence electrons. The summed E-state index contributed by atoms with van der Waals surface area (Å²) in [5.41, 5.74) is 1.35. The standard InChI is InChI=1S/C17H21N3O5/c1-10-13(11(2)25-20-10)8-24-15-9-23-7-5-14(15)19-17(22)12-4-3-6-18-16(12)21/h3-4,6,14-15H,5,7-9H2,1-2H3,(H,18,21)(H,19,22)/t14-,15-/m1/s1. The van der Waals surface area contributed by atoms with E-state index in [0.717, 1.165) is 11.3 Å². The number of H-pyrrole nitrogens is 1. The number of rotatable bonds is 5. The summed E-state index contributed by atoms with van der Waals surface area (Å²) in [6.07, 6.45) is 1.79. The van der Waals surface area contributed by atoms with Gasteiger partial charge in [-0.05, 0) is 32.4 Å². The number of aromatic nitrogens is 2. The lowest BCUT2D eigenvalue weighted by atomic mass is 10.1. The molecule has 25 heavy (non-hydrogen) atoms. The normalized spacial score (nSPS) is 20.4. The molecule has 2 aromatic rings. The molecule has 0 spiro atoms. The zero-order chi connectivity index (χ0) is 17.8. The molecule has 8 nitrogen and oxygen atoms in total. The van der Waals surface area contributed by atoms with Gasteiger partial charge in [-0.3, -0.25) is 9.59 Å². The number of hydrogen-bond donors (Lipinski definition) is 2. The monoisotopic (exact) mass is 347 g/mol. The van der Waals surface area contributed by atoms with Crippen molar-refractivity contribution < 1.29 is 18.8 Å². The Bertz CT molecular complexity index is 778. The summed E-state index contributed by atoms with van der Waals surface area (Å²) in [7, 11) is 0. The Hall–Kier alpha value is -2.45. The van der Waals surface area contributed by atoms with Gasteiger partial charge in [0, 0.05) is 18.4 Å². The van der Waals surface area contributed by atoms with E-state index in [4.69, 9.17) is 14.0 Å². The average Bonchev–Trinajstić information content (AvgIpc) is 2.93. The van der Waals surface area contributed by atoms with Crippen LogP contribution < -0.4 is 10.9 Å². The van der Waals surface area contributed by atoms with Crippen LogP contribution in [-0.4, -0.2) is 41.4 Å². The molecular weight excluding hydrogens is 326 g/mol. The number of aryl methyl sites for hydroxylation is 2. The van der Waals surface area contributed by atoms with Crippen molar-refractivity contribution in [2.24, 2.45) is 0 Å². The molecule has 3 heterocycles. The van der Waals surface area contributed by atoms with Crippen molar-refractivity contribution in [3.63, 3.8) is 0 Å². The molecular formula is C17H21N3O5. The maximum absolute atomic E-state index is 12.4. The fourth-order valence-corrected chi connectivity index (χ4v) is 2.79. The Morgan fingerprint density at radius 3 is 3.04 bits per heavy atom. The lowest BCUT2D eigenvalue weighted by molar-refractivity contribution is -0.0739. The van der Waals surface area contributed by atoms with Crippen molar-refractivity contribution in [3.8, 4) is 0 Å². The molecule has 0 aliphatic carbocycles. The number of nitrogens with one attached hydrogen (secondary N) is 2. The molecule has 2 aromatic heterocycles. The number of nitrogens with zero attached hydrogens (tertiary/aromatic N) is 1. The lowest BCUT2D eigenvalue weighted by Crippen LogP contribution is -2.50. The molecule has 1 fully saturated rings. The maximum atomic E-state index is 12.4. The molecule has 3 rings (SSSR count). The predicted molar refractivity (Wildman–Crippen MR) is 88.3 cm³/mol. The van der Waals surface area contributed by atoms with Gasteiger partial charge >= 0.3 is 0 Å². The summed E-state index contributed by atoms with van der Waals surface area (Å²) in [5, 5.41) is 6.78. The second kappa shape index (κ2) is 7.62. The van der Waals surface area contributed by atoms with Gasteiger partial charge in [-0.15, -0.1) is 0 Å². The van der Waals surface area contributed by atoms with E-state index in [1.54, 1.807) is 6.07 Å². The molecule has 2 N–H and O–H groups in total. The summed E-state index contributed by atoms with van der Waals surface area (Å²) >= 11 is 0. The molecule has 0 aromatic carbocycles. The number of aromatic amines is 1. The van der Waals surface area contributed by atoms with E-state index in [9.17, 15) is 9.59 Å². The van der Waals surface area contributed by atoms with Gasteiger partial charge in [0.05, 0.1) is 24.9 Å². The van der Waals surface area contributed by atoms with Crippen LogP contribution in [-0.2, 0) is 16.1 Å². The van der Waals surface area contributed by atoms with Gasteiger partial charge in [-0.25, -0.2) is 0 Å². The summed E-state index contributed by atoms with van der Waals surface area (Å²) in [5.74, 6) is 0.297. The van der Waals surface area contributed by atoms with Crippen molar-refractivity contribution in [1.82, 2.24) is 15.5 Å². The SMILES string of the molecule is Cc1noc(C)c1CO[C@@H]1COCC[C@H]1NC(=O)c1ccc[nH]c1=O. The Labute approximate surface area is 144 Å². The molecule has 2 atom stereocenters. The molecule has 1 aliphatic heterocycles. The van der Waals surface area contributed by atoms with E-state index >= 15 is 0 Å². The largest absolute Gasteiger partial charge is 0.379 e. The van der Waals surface area contributed by atoms with E-state index in [1.165, 1.54) is 12.3 Å². The van der Waals surface area contributed by atoms with Gasteiger partial charge in [-0.1, -0.05) is 5.16 Å². The van der Waals surface area contributed by atoms with E-state index in [2.05, 4.69) is 15.5 Å². The third-order valence-electron chi connectivity index (χ3n) is 4.31. The van der Waals surface area contributed by atoms with Gasteiger partial charge in [0.2, 0.25) is 0 Å². The second-order valence-corrected chi connectivity index (χ2v) is 6.01. The summed E-state index contributed by atoms with van der Waals surface area (Å²) in [4.78, 5) is 26.6. The third-order valence-corrected chi connectivity index (χ3v) is 4.31. The first-order valence-corrected chi connectivity index (χ1v) is 8.16. The van der Waals surface area contributed by atoms with E-state index < -0.39 is 11.5 Å². The molecule has 1 saturated heterocycles. The zero-order valence-electron chi connectivity index (χ0n) is 14.2. The van der Waals surface area contributed by atoms with Gasteiger partial charge in [0.1, 0.15) is 17.4 Å². The third kappa shape index (κ3) is 3.97. The van der Waals surface area contributed by atoms with Gasteiger partial charge in [0.15, 0.2) is 0 Å². The van der Waals surface area contributed by atoms with Crippen LogP contribution in [0.15, 0.2) is 27.6 Å². The van der Waals surface area contributed by atoms with Crippen LogP contribution in [0.25, 0.3) is 0 Å². The number of hydrogen-bond acceptors (Lipinski definition) is 6. The second-order valence-electron chi connectivity index (χ2n) is 6.01. The highest BCUT2D eigenvalue weighted by atomic mass is 16.5. The van der Waals surface area contributed by atoms with Crippen molar-refractivity contribution >= 4 is 5.91 Å². The Morgan fingerprint density at radius 2 is 2.32 bits per heavy atom. The molecule has 0 bridgehead atoms. The highest BCUT2D eigenvalue weighted by molar-refractivity contribution is 5.93. The minimum atomic E-state index is -0.417. The summed E-state index contributed by atoms with van der Waals surface area (Å²) < 4.78 is 16.5. The maximum Gasteiger partial charge on any atom is 0.260 e. The number of ether oxygens (including phenoxy) is 2. The Balaban J connectivity index is 1.66. The van der Waals surface area contributed by atoms with Crippen LogP contribution in [0, 0.1) is 13.8 Å². The summed E-state index contributed by atoms with van der Waals surface area (Å²) in [6.45, 7) is 4.92. The first-order valence-electron chi connectivity index (χ1n) is 8.16. The van der Waals surface area contributed by atoms with Crippen LogP contribution >= 0.6 is 0 Å². The fourth-order valence-electron chi connectivity index (χ4n) is 2.79. The Kier molecular flexibility index (Phi) is 5.30. The zero-order valence-corrected chi connectivity index (χ0v) is 14.2. The average molecular weight is 347 g/mol. The lowest BCUT2D eigenvalue weighted by Gasteiger charge is -2.32. The van der Waals surface area contributed by atoms with Crippen molar-refractivity contribution in [2.75, 3.05) is 13.2 Å². The minimum Gasteiger partial charge on any atom is -0.379 e. The van der Waals surface area contributed by atoms with Gasteiger partial charge in [-0.2, -0.15) is 0 Å². The van der Waals surface area contributed by atoms with E-state index in [0.29, 0.717) is 32.0 Å². The molecule has 8 heteroatoms. The molecule has 0 radical (unpaired) electrons. The van der Waals surface area contributed by atoms with Gasteiger partial charge in [0.25, 0.3) is 11.5 Å². The number of pyridine rings is 1. The van der Waals surface area contributed by atoms with E-state index in [-0.39, 0.29) is 17.7 Å². The van der Waals surface area contributed by atoms with Crippen LogP contribution in [0.3, 0.4) is 0 Å². The number of carbonyl (C=O) groups excluding carboxylic acids is 1. The Morgan fingerprint density at radius 1 is 1.48 bits per heavy atom. The minimum absolute atomic E-state index is 0.0819. The van der Waals surface area contributed by atoms with Crippen molar-refractivity contribution in [2.45, 2.75) is 39.0 Å². The highest BCUT2D eigenvalue weighted by Crippen LogP contribution is 2.18. The van der Waals surface area contributed by atoms with Crippen LogP contribution in [0.2, 0.25) is 0 Å². The predicted octanol–water partition coefficient (Wildman–Crippen LogP) is 1.08. The summed E-state index contributed by atoms with van der Waals surface area (Å²) in [6, 6.07) is 2.88. The van der Waals surface area contributed by atoms with E-state index in [1.807, 2.05) is 13.8 Å². The molecule has 1 amide bonds. The topological polar surface area (TPSA) is 106 Å². The number of amides is 1. The van der Waals surface area contributed by atoms with Crippen LogP contribution in [0.5, 0.6) is 0 Å². The fraction of sp³-hybridized carbons (Fsp3) is 0.471. The highest BCUT2D eigenvalue weighted by Gasteiger charge is 2.29. The first kappa shape index (κ1) is 17.4. The first-order chi connectivity index (χ1) is 12.1. The van der Waals surface area contributed by atoms with Crippen molar-refractivity contribution in [1.29, 1.82) is 0 Å². The van der Waals surface area contributed by atoms with Gasteiger partial charge < -0.3 is 24.3 Å².